The fourth-order valence-electron chi connectivity index (χ4n) is 4.75. The lowest BCUT2D eigenvalue weighted by Crippen LogP contribution is -2.43. The van der Waals surface area contributed by atoms with Crippen molar-refractivity contribution in [1.29, 1.82) is 0 Å². The van der Waals surface area contributed by atoms with Crippen LogP contribution in [0, 0.1) is 12.7 Å². The number of benzene rings is 3. The predicted octanol–water partition coefficient (Wildman–Crippen LogP) is 6.09. The van der Waals surface area contributed by atoms with Crippen molar-refractivity contribution in [3.8, 4) is 16.9 Å². The van der Waals surface area contributed by atoms with Gasteiger partial charge in [0.25, 0.3) is 0 Å². The molecule has 4 aromatic rings. The number of aromatic nitrogens is 2. The smallest absolute Gasteiger partial charge is 0.240 e. The van der Waals surface area contributed by atoms with E-state index in [-0.39, 0.29) is 41.2 Å². The summed E-state index contributed by atoms with van der Waals surface area (Å²) in [5, 5.41) is 8.33. The van der Waals surface area contributed by atoms with Gasteiger partial charge in [-0.3, -0.25) is 14.5 Å². The monoisotopic (exact) mass is 560 g/mol. The summed E-state index contributed by atoms with van der Waals surface area (Å²) >= 11 is 7.66. The molecule has 0 radical (unpaired) electrons. The fourth-order valence-corrected chi connectivity index (χ4v) is 6.08. The molecule has 0 bridgehead atoms. The SMILES string of the molecule is Cc1ccc(-n2nc(-c3ccc(Cl)cc3)c3c2N(CC(=O)NC2CC2)C(=O)CSC3c2ccc(F)cc2)cc1. The number of anilines is 1. The van der Waals surface area contributed by atoms with Gasteiger partial charge in [0.1, 0.15) is 18.2 Å². The van der Waals surface area contributed by atoms with E-state index in [1.165, 1.54) is 23.9 Å². The molecule has 1 saturated carbocycles. The third-order valence-electron chi connectivity index (χ3n) is 6.90. The summed E-state index contributed by atoms with van der Waals surface area (Å²) in [7, 11) is 0. The fraction of sp³-hybridized carbons (Fsp3) is 0.233. The number of hydrogen-bond acceptors (Lipinski definition) is 4. The Bertz CT molecular complexity index is 1530. The maximum atomic E-state index is 13.9. The second-order valence-electron chi connectivity index (χ2n) is 9.90. The lowest BCUT2D eigenvalue weighted by Gasteiger charge is -2.23. The average Bonchev–Trinajstić information content (AvgIpc) is 3.68. The number of nitrogens with one attached hydrogen (secondary N) is 1. The highest BCUT2D eigenvalue weighted by atomic mass is 35.5. The molecule has 2 amide bonds. The van der Waals surface area contributed by atoms with Crippen molar-refractivity contribution >= 4 is 41.0 Å². The molecule has 1 unspecified atom stereocenters. The third-order valence-corrected chi connectivity index (χ3v) is 8.41. The molecule has 198 valence electrons. The van der Waals surface area contributed by atoms with Crippen LogP contribution in [0.2, 0.25) is 5.02 Å². The first kappa shape index (κ1) is 25.6. The molecule has 1 fully saturated rings. The van der Waals surface area contributed by atoms with Gasteiger partial charge in [0.15, 0.2) is 0 Å². The Kier molecular flexibility index (Phi) is 6.91. The lowest BCUT2D eigenvalue weighted by molar-refractivity contribution is -0.123. The maximum absolute atomic E-state index is 13.9. The van der Waals surface area contributed by atoms with Crippen LogP contribution in [0.25, 0.3) is 16.9 Å². The standard InChI is InChI=1S/C30H26ClFN4O2S/c1-18-2-14-24(15-3-18)36-30-27(28(34-36)19-4-8-21(31)9-5-19)29(20-6-10-22(32)11-7-20)39-17-26(38)35(30)16-25(37)33-23-12-13-23/h2-11,14-15,23,29H,12-13,16-17H2,1H3,(H,33,37). The van der Waals surface area contributed by atoms with Crippen molar-refractivity contribution in [2.24, 2.45) is 0 Å². The first-order valence-electron chi connectivity index (χ1n) is 12.8. The summed E-state index contributed by atoms with van der Waals surface area (Å²) in [4.78, 5) is 28.3. The Morgan fingerprint density at radius 1 is 1.05 bits per heavy atom. The van der Waals surface area contributed by atoms with Gasteiger partial charge in [0.05, 0.1) is 22.4 Å². The molecule has 2 heterocycles. The number of amides is 2. The van der Waals surface area contributed by atoms with Crippen LogP contribution in [0.5, 0.6) is 0 Å². The summed E-state index contributed by atoms with van der Waals surface area (Å²) in [5.74, 6) is -0.0275. The molecule has 6 rings (SSSR count). The van der Waals surface area contributed by atoms with Crippen LogP contribution in [0.15, 0.2) is 72.8 Å². The Labute approximate surface area is 235 Å². The van der Waals surface area contributed by atoms with Gasteiger partial charge < -0.3 is 5.32 Å². The number of hydrogen-bond donors (Lipinski definition) is 1. The second kappa shape index (κ2) is 10.5. The molecule has 1 aliphatic carbocycles. The van der Waals surface area contributed by atoms with E-state index in [9.17, 15) is 14.0 Å². The molecule has 3 aromatic carbocycles. The number of nitrogens with zero attached hydrogens (tertiary/aromatic N) is 3. The molecule has 0 saturated heterocycles. The molecule has 1 atom stereocenters. The highest BCUT2D eigenvalue weighted by molar-refractivity contribution is 8.00. The molecule has 6 nitrogen and oxygen atoms in total. The van der Waals surface area contributed by atoms with Gasteiger partial charge in [-0.15, -0.1) is 11.8 Å². The van der Waals surface area contributed by atoms with Crippen molar-refractivity contribution in [3.05, 3.63) is 100 Å². The summed E-state index contributed by atoms with van der Waals surface area (Å²) in [6, 6.07) is 21.8. The average molecular weight is 561 g/mol. The Hall–Kier alpha value is -3.62. The first-order valence-corrected chi connectivity index (χ1v) is 14.2. The summed E-state index contributed by atoms with van der Waals surface area (Å²) in [6.07, 6.45) is 1.91. The summed E-state index contributed by atoms with van der Waals surface area (Å²) in [6.45, 7) is 1.89. The number of thioether (sulfide) groups is 1. The van der Waals surface area contributed by atoms with Crippen LogP contribution in [-0.2, 0) is 9.59 Å². The van der Waals surface area contributed by atoms with Crippen LogP contribution in [0.4, 0.5) is 10.2 Å². The van der Waals surface area contributed by atoms with Crippen molar-refractivity contribution in [2.45, 2.75) is 31.1 Å². The highest BCUT2D eigenvalue weighted by Crippen LogP contribution is 2.48. The zero-order valence-corrected chi connectivity index (χ0v) is 22.8. The van der Waals surface area contributed by atoms with Gasteiger partial charge in [0.2, 0.25) is 11.8 Å². The highest BCUT2D eigenvalue weighted by Gasteiger charge is 2.38. The molecule has 1 aromatic heterocycles. The van der Waals surface area contributed by atoms with Crippen molar-refractivity contribution in [1.82, 2.24) is 15.1 Å². The Balaban J connectivity index is 1.60. The van der Waals surface area contributed by atoms with E-state index in [0.29, 0.717) is 16.5 Å². The quantitative estimate of drug-likeness (QED) is 0.310. The second-order valence-corrected chi connectivity index (χ2v) is 11.4. The summed E-state index contributed by atoms with van der Waals surface area (Å²) in [5.41, 5.74) is 4.99. The van der Waals surface area contributed by atoms with Crippen LogP contribution in [-0.4, -0.2) is 39.9 Å². The van der Waals surface area contributed by atoms with E-state index in [1.54, 1.807) is 33.8 Å². The topological polar surface area (TPSA) is 67.2 Å². The van der Waals surface area contributed by atoms with Crippen LogP contribution in [0.3, 0.4) is 0 Å². The zero-order chi connectivity index (χ0) is 27.1. The number of carbonyl (C=O) groups is 2. The minimum absolute atomic E-state index is 0.114. The molecule has 0 spiro atoms. The van der Waals surface area contributed by atoms with Gasteiger partial charge >= 0.3 is 0 Å². The Morgan fingerprint density at radius 3 is 2.41 bits per heavy atom. The van der Waals surface area contributed by atoms with Crippen LogP contribution in [0.1, 0.15) is 34.8 Å². The predicted molar refractivity (Wildman–Crippen MR) is 153 cm³/mol. The van der Waals surface area contributed by atoms with Gasteiger partial charge in [-0.2, -0.15) is 5.10 Å². The van der Waals surface area contributed by atoms with Crippen molar-refractivity contribution in [3.63, 3.8) is 0 Å². The lowest BCUT2D eigenvalue weighted by atomic mass is 9.99. The van der Waals surface area contributed by atoms with Crippen LogP contribution < -0.4 is 10.2 Å². The van der Waals surface area contributed by atoms with Gasteiger partial charge in [-0.25, -0.2) is 9.07 Å². The normalized spacial score (nSPS) is 17.1. The van der Waals surface area contributed by atoms with E-state index >= 15 is 0 Å². The first-order chi connectivity index (χ1) is 18.9. The zero-order valence-electron chi connectivity index (χ0n) is 21.2. The minimum atomic E-state index is -0.333. The van der Waals surface area contributed by atoms with Crippen molar-refractivity contribution in [2.75, 3.05) is 17.2 Å². The third kappa shape index (κ3) is 5.31. The molecule has 1 aliphatic heterocycles. The van der Waals surface area contributed by atoms with Crippen LogP contribution >= 0.6 is 23.4 Å². The molecule has 1 N–H and O–H groups in total. The van der Waals surface area contributed by atoms with E-state index in [4.69, 9.17) is 16.7 Å². The number of carbonyl (C=O) groups excluding carboxylic acids is 2. The molecular formula is C30H26ClFN4O2S. The molecule has 2 aliphatic rings. The van der Waals surface area contributed by atoms with Gasteiger partial charge in [0, 0.05) is 22.2 Å². The van der Waals surface area contributed by atoms with Gasteiger partial charge in [-0.05, 0) is 61.7 Å². The Morgan fingerprint density at radius 2 is 1.74 bits per heavy atom. The number of fused-ring (bicyclic) bond motifs is 1. The van der Waals surface area contributed by atoms with E-state index in [2.05, 4.69) is 5.32 Å². The van der Waals surface area contributed by atoms with Gasteiger partial charge in [-0.1, -0.05) is 53.6 Å². The molecular weight excluding hydrogens is 535 g/mol. The van der Waals surface area contributed by atoms with E-state index in [1.807, 2.05) is 43.3 Å². The van der Waals surface area contributed by atoms with E-state index < -0.39 is 0 Å². The molecule has 39 heavy (non-hydrogen) atoms. The van der Waals surface area contributed by atoms with E-state index in [0.717, 1.165) is 40.8 Å². The minimum Gasteiger partial charge on any atom is -0.352 e. The molecule has 9 heteroatoms. The summed E-state index contributed by atoms with van der Waals surface area (Å²) < 4.78 is 15.7. The largest absolute Gasteiger partial charge is 0.352 e. The number of rotatable bonds is 6. The number of aryl methyl sites for hydroxylation is 1. The number of halogens is 2. The maximum Gasteiger partial charge on any atom is 0.240 e. The van der Waals surface area contributed by atoms with Crippen molar-refractivity contribution < 1.29 is 14.0 Å².